The van der Waals surface area contributed by atoms with Gasteiger partial charge in [-0.1, -0.05) is 47.0 Å². The van der Waals surface area contributed by atoms with Crippen molar-refractivity contribution in [2.45, 2.75) is 123 Å². The van der Waals surface area contributed by atoms with E-state index in [1.165, 1.54) is 38.5 Å². The molecular weight excluding hydrogens is 733 g/mol. The minimum Gasteiger partial charge on any atom is -0.353 e. The number of pyridine rings is 1. The van der Waals surface area contributed by atoms with Crippen LogP contribution in [0.25, 0.3) is 0 Å². The van der Waals surface area contributed by atoms with Crippen molar-refractivity contribution in [1.82, 2.24) is 35.9 Å². The van der Waals surface area contributed by atoms with E-state index in [4.69, 9.17) is 19.5 Å². The van der Waals surface area contributed by atoms with Crippen molar-refractivity contribution in [3.05, 3.63) is 29.1 Å². The van der Waals surface area contributed by atoms with Crippen LogP contribution in [0.5, 0.6) is 0 Å². The summed E-state index contributed by atoms with van der Waals surface area (Å²) in [5, 5.41) is 9.17. The zero-order valence-corrected chi connectivity index (χ0v) is 35.0. The van der Waals surface area contributed by atoms with E-state index in [0.717, 1.165) is 119 Å². The maximum Gasteiger partial charge on any atom is 0.269 e. The summed E-state index contributed by atoms with van der Waals surface area (Å²) in [4.78, 5) is 52.0. The van der Waals surface area contributed by atoms with E-state index >= 15 is 0 Å². The van der Waals surface area contributed by atoms with E-state index in [-0.39, 0.29) is 30.1 Å². The highest BCUT2D eigenvalue weighted by Crippen LogP contribution is 2.29. The summed E-state index contributed by atoms with van der Waals surface area (Å²) in [6.45, 7) is 15.2. The molecule has 3 aliphatic heterocycles. The summed E-state index contributed by atoms with van der Waals surface area (Å²) in [6, 6.07) is 3.82. The first-order chi connectivity index (χ1) is 26.9. The first-order valence-corrected chi connectivity index (χ1v) is 22.8. The van der Waals surface area contributed by atoms with Gasteiger partial charge in [0.2, 0.25) is 23.8 Å². The molecule has 0 bridgehead atoms. The van der Waals surface area contributed by atoms with E-state index in [1.54, 1.807) is 6.07 Å². The van der Waals surface area contributed by atoms with Gasteiger partial charge in [-0.15, -0.1) is 0 Å². The van der Waals surface area contributed by atoms with E-state index < -0.39 is 21.8 Å². The Bertz CT molecular complexity index is 1630. The van der Waals surface area contributed by atoms with E-state index in [2.05, 4.69) is 49.5 Å². The average Bonchev–Trinajstić information content (AvgIpc) is 3.20. The lowest BCUT2D eigenvalue weighted by Crippen LogP contribution is -2.45. The number of carbonyl (C=O) groups is 2. The van der Waals surface area contributed by atoms with Gasteiger partial charge in [0.05, 0.1) is 11.4 Å². The summed E-state index contributed by atoms with van der Waals surface area (Å²) in [5.41, 5.74) is 1.89. The topological polar surface area (TPSA) is 186 Å². The van der Waals surface area contributed by atoms with Crippen LogP contribution in [0.1, 0.15) is 132 Å². The molecule has 16 heteroatoms. The number of piperidine rings is 3. The molecule has 2 aromatic rings. The van der Waals surface area contributed by atoms with Crippen LogP contribution in [-0.4, -0.2) is 109 Å². The number of carbonyl (C=O) groups excluding carboxylic acids is 2. The minimum atomic E-state index is -4.16. The van der Waals surface area contributed by atoms with Crippen LogP contribution in [0.4, 0.5) is 17.8 Å². The number of hydrogen-bond donors (Lipinski definition) is 4. The van der Waals surface area contributed by atoms with E-state index in [0.29, 0.717) is 13.0 Å². The summed E-state index contributed by atoms with van der Waals surface area (Å²) in [6.07, 6.45) is 12.0. The van der Waals surface area contributed by atoms with Crippen molar-refractivity contribution in [3.63, 3.8) is 0 Å². The van der Waals surface area contributed by atoms with E-state index in [1.807, 2.05) is 19.9 Å². The first kappa shape index (κ1) is 43.5. The minimum absolute atomic E-state index is 0.101. The largest absolute Gasteiger partial charge is 0.353 e. The highest BCUT2D eigenvalue weighted by atomic mass is 32.2. The lowest BCUT2D eigenvalue weighted by atomic mass is 9.94. The molecule has 2 amide bonds. The molecule has 0 spiro atoms. The molecule has 0 radical (unpaired) electrons. The maximum absolute atomic E-state index is 12.9. The van der Waals surface area contributed by atoms with Crippen LogP contribution >= 0.6 is 0 Å². The van der Waals surface area contributed by atoms with Crippen molar-refractivity contribution in [3.8, 4) is 0 Å². The quantitative estimate of drug-likeness (QED) is 0.113. The third-order valence-corrected chi connectivity index (χ3v) is 12.4. The molecule has 56 heavy (non-hydrogen) atoms. The molecular formula is C40H66N10O5S. The lowest BCUT2D eigenvalue weighted by Gasteiger charge is -2.36. The molecule has 0 saturated carbocycles. The fourth-order valence-electron chi connectivity index (χ4n) is 7.84. The third-order valence-electron chi connectivity index (χ3n) is 11.7. The van der Waals surface area contributed by atoms with Crippen LogP contribution < -0.4 is 30.7 Å². The normalized spacial score (nSPS) is 17.8. The Kier molecular flexibility index (Phi) is 16.5. The monoisotopic (exact) mass is 798 g/mol. The highest BCUT2D eigenvalue weighted by molar-refractivity contribution is 7.85. The summed E-state index contributed by atoms with van der Waals surface area (Å²) in [7, 11) is -4.16. The molecule has 3 fully saturated rings. The molecule has 5 rings (SSSR count). The highest BCUT2D eigenvalue weighted by Gasteiger charge is 2.28. The number of amides is 2. The SMILES string of the molecule is CCC1CCN(c2nc(N3CCC(CC)CC3)nc(N3CCC(NC(=O)CCCCCNCc4cc(C(C)C)cc(C(=O)NCCS(=O)(=O)O)n4)CC3)n2)CC1. The number of nitrogens with one attached hydrogen (secondary N) is 3. The van der Waals surface area contributed by atoms with Crippen molar-refractivity contribution in [2.24, 2.45) is 11.8 Å². The number of anilines is 3. The van der Waals surface area contributed by atoms with E-state index in [9.17, 15) is 18.0 Å². The Labute approximate surface area is 334 Å². The van der Waals surface area contributed by atoms with Gasteiger partial charge >= 0.3 is 0 Å². The van der Waals surface area contributed by atoms with Gasteiger partial charge in [-0.2, -0.15) is 23.4 Å². The van der Waals surface area contributed by atoms with Gasteiger partial charge in [0, 0.05) is 64.8 Å². The van der Waals surface area contributed by atoms with Crippen molar-refractivity contribution in [2.75, 3.05) is 72.8 Å². The summed E-state index contributed by atoms with van der Waals surface area (Å²) < 4.78 is 30.9. The zero-order chi connectivity index (χ0) is 40.1. The fourth-order valence-corrected chi connectivity index (χ4v) is 8.20. The number of rotatable bonds is 19. The summed E-state index contributed by atoms with van der Waals surface area (Å²) in [5.74, 6) is 3.19. The van der Waals surface area contributed by atoms with Gasteiger partial charge in [-0.05, 0) is 93.4 Å². The Morgan fingerprint density at radius 1 is 0.768 bits per heavy atom. The molecule has 3 saturated heterocycles. The van der Waals surface area contributed by atoms with Crippen molar-refractivity contribution in [1.29, 1.82) is 0 Å². The second-order valence-electron chi connectivity index (χ2n) is 16.2. The summed E-state index contributed by atoms with van der Waals surface area (Å²) >= 11 is 0. The second kappa shape index (κ2) is 21.2. The zero-order valence-electron chi connectivity index (χ0n) is 34.1. The molecule has 0 unspecified atom stereocenters. The smallest absolute Gasteiger partial charge is 0.269 e. The Balaban J connectivity index is 1.03. The van der Waals surface area contributed by atoms with Crippen LogP contribution in [0.3, 0.4) is 0 Å². The number of unbranched alkanes of at least 4 members (excludes halogenated alkanes) is 2. The molecule has 312 valence electrons. The lowest BCUT2D eigenvalue weighted by molar-refractivity contribution is -0.122. The van der Waals surface area contributed by atoms with Gasteiger partial charge in [0.1, 0.15) is 5.69 Å². The van der Waals surface area contributed by atoms with Gasteiger partial charge in [-0.25, -0.2) is 4.98 Å². The standard InChI is InChI=1S/C40H66N10O5S/c1-5-30-11-19-48(20-12-30)38-45-39(49-21-13-31(6-2)14-22-49)47-40(46-38)50-23-15-33(16-24-50)44-36(51)10-8-7-9-17-41-28-34-26-32(29(3)4)27-35(43-34)37(52)42-18-25-56(53,54)55/h26-27,29-31,33,41H,5-25,28H2,1-4H3,(H,42,52)(H,44,51)(H,53,54,55). The van der Waals surface area contributed by atoms with Gasteiger partial charge < -0.3 is 30.7 Å². The van der Waals surface area contributed by atoms with Crippen LogP contribution in [0.2, 0.25) is 0 Å². The number of nitrogens with zero attached hydrogens (tertiary/aromatic N) is 7. The fraction of sp³-hybridized carbons (Fsp3) is 0.750. The second-order valence-corrected chi connectivity index (χ2v) is 17.8. The first-order valence-electron chi connectivity index (χ1n) is 21.2. The molecule has 15 nitrogen and oxygen atoms in total. The van der Waals surface area contributed by atoms with Crippen LogP contribution in [0.15, 0.2) is 12.1 Å². The predicted molar refractivity (Wildman–Crippen MR) is 221 cm³/mol. The van der Waals surface area contributed by atoms with Gasteiger partial charge in [0.25, 0.3) is 16.0 Å². The van der Waals surface area contributed by atoms with Crippen molar-refractivity contribution < 1.29 is 22.6 Å². The molecule has 0 aliphatic carbocycles. The Morgan fingerprint density at radius 3 is 1.80 bits per heavy atom. The van der Waals surface area contributed by atoms with Crippen LogP contribution in [0, 0.1) is 11.8 Å². The predicted octanol–water partition coefficient (Wildman–Crippen LogP) is 4.70. The van der Waals surface area contributed by atoms with Crippen molar-refractivity contribution >= 4 is 39.8 Å². The van der Waals surface area contributed by atoms with Gasteiger partial charge in [-0.3, -0.25) is 14.1 Å². The molecule has 3 aliphatic rings. The average molecular weight is 799 g/mol. The number of aromatic nitrogens is 4. The molecule has 5 heterocycles. The van der Waals surface area contributed by atoms with Gasteiger partial charge in [0.15, 0.2) is 0 Å². The molecule has 2 aromatic heterocycles. The molecule has 4 N–H and O–H groups in total. The molecule has 0 atom stereocenters. The Hall–Kier alpha value is -3.63. The maximum atomic E-state index is 12.9. The Morgan fingerprint density at radius 2 is 1.30 bits per heavy atom. The third kappa shape index (κ3) is 13.5. The molecule has 0 aromatic carbocycles. The number of hydrogen-bond acceptors (Lipinski definition) is 12. The van der Waals surface area contributed by atoms with Crippen LogP contribution in [-0.2, 0) is 21.5 Å².